The van der Waals surface area contributed by atoms with Crippen molar-refractivity contribution in [2.24, 2.45) is 5.73 Å². The van der Waals surface area contributed by atoms with Crippen molar-refractivity contribution < 1.29 is 4.79 Å². The molecule has 1 saturated heterocycles. The normalized spacial score (nSPS) is 23.5. The molecule has 3 N–H and O–H groups in total. The molecule has 1 fully saturated rings. The summed E-state index contributed by atoms with van der Waals surface area (Å²) >= 11 is 0. The van der Waals surface area contributed by atoms with Crippen LogP contribution in [-0.2, 0) is 11.3 Å². The Labute approximate surface area is 115 Å². The van der Waals surface area contributed by atoms with Crippen molar-refractivity contribution in [3.8, 4) is 0 Å². The number of nitrogens with zero attached hydrogens (tertiary/aromatic N) is 1. The zero-order valence-electron chi connectivity index (χ0n) is 11.5. The highest BCUT2D eigenvalue weighted by Gasteiger charge is 2.29. The molecule has 0 saturated carbocycles. The van der Waals surface area contributed by atoms with Crippen molar-refractivity contribution in [3.05, 3.63) is 35.9 Å². The molecular formula is C15H23N3O. The van der Waals surface area contributed by atoms with Gasteiger partial charge in [0.15, 0.2) is 0 Å². The third-order valence-corrected chi connectivity index (χ3v) is 3.67. The standard InChI is InChI=1S/C15H23N3O/c1-12-9-14(17-15(19)7-8-16)11-18(12)10-13-5-3-2-4-6-13/h2-6,12,14H,7-11,16H2,1H3,(H,17,19)/t12-,14-/m0/s1. The highest BCUT2D eigenvalue weighted by Crippen LogP contribution is 2.20. The van der Waals surface area contributed by atoms with E-state index in [1.165, 1.54) is 5.56 Å². The van der Waals surface area contributed by atoms with Crippen LogP contribution in [0.3, 0.4) is 0 Å². The van der Waals surface area contributed by atoms with Gasteiger partial charge in [0.1, 0.15) is 0 Å². The molecule has 4 nitrogen and oxygen atoms in total. The summed E-state index contributed by atoms with van der Waals surface area (Å²) in [6.45, 7) is 4.51. The van der Waals surface area contributed by atoms with Crippen molar-refractivity contribution in [1.29, 1.82) is 0 Å². The number of hydrogen-bond acceptors (Lipinski definition) is 3. The highest BCUT2D eigenvalue weighted by molar-refractivity contribution is 5.76. The molecule has 104 valence electrons. The van der Waals surface area contributed by atoms with Crippen molar-refractivity contribution in [2.75, 3.05) is 13.1 Å². The first kappa shape index (κ1) is 14.0. The van der Waals surface area contributed by atoms with Gasteiger partial charge in [0.05, 0.1) is 0 Å². The van der Waals surface area contributed by atoms with E-state index in [0.717, 1.165) is 19.5 Å². The van der Waals surface area contributed by atoms with Crippen LogP contribution in [0.2, 0.25) is 0 Å². The average Bonchev–Trinajstić information content (AvgIpc) is 2.71. The Balaban J connectivity index is 1.85. The fourth-order valence-electron chi connectivity index (χ4n) is 2.67. The quantitative estimate of drug-likeness (QED) is 0.835. The molecule has 1 aliphatic heterocycles. The summed E-state index contributed by atoms with van der Waals surface area (Å²) in [5.74, 6) is 0.0706. The summed E-state index contributed by atoms with van der Waals surface area (Å²) < 4.78 is 0. The summed E-state index contributed by atoms with van der Waals surface area (Å²) in [7, 11) is 0. The van der Waals surface area contributed by atoms with Gasteiger partial charge >= 0.3 is 0 Å². The van der Waals surface area contributed by atoms with Crippen LogP contribution in [0.15, 0.2) is 30.3 Å². The van der Waals surface area contributed by atoms with Gasteiger partial charge in [-0.25, -0.2) is 0 Å². The third-order valence-electron chi connectivity index (χ3n) is 3.67. The number of amides is 1. The monoisotopic (exact) mass is 261 g/mol. The zero-order valence-corrected chi connectivity index (χ0v) is 11.5. The van der Waals surface area contributed by atoms with Crippen LogP contribution in [0.5, 0.6) is 0 Å². The topological polar surface area (TPSA) is 58.4 Å². The number of carbonyl (C=O) groups excluding carboxylic acids is 1. The van der Waals surface area contributed by atoms with E-state index in [-0.39, 0.29) is 11.9 Å². The molecule has 0 unspecified atom stereocenters. The van der Waals surface area contributed by atoms with Crippen molar-refractivity contribution in [2.45, 2.75) is 38.4 Å². The van der Waals surface area contributed by atoms with Crippen LogP contribution >= 0.6 is 0 Å². The fourth-order valence-corrected chi connectivity index (χ4v) is 2.67. The number of nitrogens with one attached hydrogen (secondary N) is 1. The molecule has 1 heterocycles. The Morgan fingerprint density at radius 1 is 1.42 bits per heavy atom. The molecule has 0 aromatic heterocycles. The van der Waals surface area contributed by atoms with Gasteiger partial charge in [0.2, 0.25) is 5.91 Å². The molecular weight excluding hydrogens is 238 g/mol. The van der Waals surface area contributed by atoms with E-state index in [2.05, 4.69) is 41.4 Å². The van der Waals surface area contributed by atoms with Gasteiger partial charge in [0, 0.05) is 38.1 Å². The Bertz CT molecular complexity index is 407. The second-order valence-corrected chi connectivity index (χ2v) is 5.30. The fraction of sp³-hybridized carbons (Fsp3) is 0.533. The number of nitrogens with two attached hydrogens (primary N) is 1. The van der Waals surface area contributed by atoms with Gasteiger partial charge in [-0.1, -0.05) is 30.3 Å². The van der Waals surface area contributed by atoms with Gasteiger partial charge in [-0.3, -0.25) is 9.69 Å². The minimum absolute atomic E-state index is 0.0706. The van der Waals surface area contributed by atoms with E-state index < -0.39 is 0 Å². The summed E-state index contributed by atoms with van der Waals surface area (Å²) in [6.07, 6.45) is 1.44. The second-order valence-electron chi connectivity index (χ2n) is 5.30. The lowest BCUT2D eigenvalue weighted by atomic mass is 10.2. The number of rotatable bonds is 5. The highest BCUT2D eigenvalue weighted by atomic mass is 16.1. The lowest BCUT2D eigenvalue weighted by Crippen LogP contribution is -2.37. The van der Waals surface area contributed by atoms with Crippen LogP contribution in [-0.4, -0.2) is 36.0 Å². The van der Waals surface area contributed by atoms with Crippen molar-refractivity contribution >= 4 is 5.91 Å². The molecule has 1 aromatic carbocycles. The van der Waals surface area contributed by atoms with E-state index in [1.54, 1.807) is 0 Å². The SMILES string of the molecule is C[C@H]1C[C@H](NC(=O)CCN)CN1Cc1ccccc1. The third kappa shape index (κ3) is 4.04. The zero-order chi connectivity index (χ0) is 13.7. The predicted molar refractivity (Wildman–Crippen MR) is 76.5 cm³/mol. The summed E-state index contributed by atoms with van der Waals surface area (Å²) in [6, 6.07) is 11.2. The summed E-state index contributed by atoms with van der Waals surface area (Å²) in [4.78, 5) is 14.0. The molecule has 1 aliphatic rings. The molecule has 2 rings (SSSR count). The Morgan fingerprint density at radius 2 is 2.16 bits per heavy atom. The lowest BCUT2D eigenvalue weighted by Gasteiger charge is -2.20. The predicted octanol–water partition coefficient (Wildman–Crippen LogP) is 1.11. The van der Waals surface area contributed by atoms with Gasteiger partial charge in [-0.05, 0) is 18.9 Å². The maximum atomic E-state index is 11.6. The first-order chi connectivity index (χ1) is 9.19. The first-order valence-corrected chi connectivity index (χ1v) is 6.96. The van der Waals surface area contributed by atoms with Crippen LogP contribution in [0.4, 0.5) is 0 Å². The van der Waals surface area contributed by atoms with E-state index in [4.69, 9.17) is 5.73 Å². The van der Waals surface area contributed by atoms with E-state index in [9.17, 15) is 4.79 Å². The Morgan fingerprint density at radius 3 is 2.84 bits per heavy atom. The van der Waals surface area contributed by atoms with E-state index in [1.807, 2.05) is 6.07 Å². The molecule has 2 atom stereocenters. The number of likely N-dealkylation sites (tertiary alicyclic amines) is 1. The van der Waals surface area contributed by atoms with Crippen LogP contribution in [0, 0.1) is 0 Å². The number of hydrogen-bond donors (Lipinski definition) is 2. The molecule has 0 spiro atoms. The average molecular weight is 261 g/mol. The smallest absolute Gasteiger partial charge is 0.221 e. The van der Waals surface area contributed by atoms with Crippen LogP contribution < -0.4 is 11.1 Å². The van der Waals surface area contributed by atoms with Gasteiger partial charge in [0.25, 0.3) is 0 Å². The van der Waals surface area contributed by atoms with Gasteiger partial charge < -0.3 is 11.1 Å². The molecule has 0 bridgehead atoms. The summed E-state index contributed by atoms with van der Waals surface area (Å²) in [5.41, 5.74) is 6.71. The minimum atomic E-state index is 0.0706. The number of carbonyl (C=O) groups is 1. The maximum Gasteiger partial charge on any atom is 0.221 e. The Hall–Kier alpha value is -1.39. The minimum Gasteiger partial charge on any atom is -0.352 e. The molecule has 1 amide bonds. The van der Waals surface area contributed by atoms with Crippen molar-refractivity contribution in [1.82, 2.24) is 10.2 Å². The molecule has 1 aromatic rings. The molecule has 0 radical (unpaired) electrons. The molecule has 0 aliphatic carbocycles. The molecule has 19 heavy (non-hydrogen) atoms. The second kappa shape index (κ2) is 6.68. The van der Waals surface area contributed by atoms with Gasteiger partial charge in [-0.2, -0.15) is 0 Å². The largest absolute Gasteiger partial charge is 0.352 e. The molecule has 4 heteroatoms. The van der Waals surface area contributed by atoms with Gasteiger partial charge in [-0.15, -0.1) is 0 Å². The lowest BCUT2D eigenvalue weighted by molar-refractivity contribution is -0.121. The Kier molecular flexibility index (Phi) is 4.93. The maximum absolute atomic E-state index is 11.6. The first-order valence-electron chi connectivity index (χ1n) is 6.96. The van der Waals surface area contributed by atoms with E-state index >= 15 is 0 Å². The van der Waals surface area contributed by atoms with E-state index in [0.29, 0.717) is 19.0 Å². The number of benzene rings is 1. The van der Waals surface area contributed by atoms with Crippen LogP contribution in [0.1, 0.15) is 25.3 Å². The van der Waals surface area contributed by atoms with Crippen molar-refractivity contribution in [3.63, 3.8) is 0 Å². The van der Waals surface area contributed by atoms with Crippen LogP contribution in [0.25, 0.3) is 0 Å². The summed E-state index contributed by atoms with van der Waals surface area (Å²) in [5, 5.41) is 3.07.